The molecule has 2 rings (SSSR count). The highest BCUT2D eigenvalue weighted by Gasteiger charge is 2.14. The molecule has 2 aromatic rings. The van der Waals surface area contributed by atoms with Gasteiger partial charge < -0.3 is 4.74 Å². The summed E-state index contributed by atoms with van der Waals surface area (Å²) in [4.78, 5) is 0. The predicted octanol–water partition coefficient (Wildman–Crippen LogP) is 4.91. The van der Waals surface area contributed by atoms with Crippen LogP contribution in [-0.4, -0.2) is 13.0 Å². The Kier molecular flexibility index (Phi) is 5.12. The molecule has 2 aromatic carbocycles. The van der Waals surface area contributed by atoms with Crippen molar-refractivity contribution in [2.45, 2.75) is 12.3 Å². The van der Waals surface area contributed by atoms with Crippen LogP contribution in [0.25, 0.3) is 0 Å². The average Bonchev–Trinajstić information content (AvgIpc) is 2.46. The van der Waals surface area contributed by atoms with Gasteiger partial charge in [-0.25, -0.2) is 0 Å². The number of benzene rings is 2. The van der Waals surface area contributed by atoms with E-state index in [0.717, 1.165) is 22.8 Å². The molecule has 1 unspecified atom stereocenters. The Morgan fingerprint density at radius 3 is 2.47 bits per heavy atom. The van der Waals surface area contributed by atoms with Crippen molar-refractivity contribution >= 4 is 23.2 Å². The first kappa shape index (κ1) is 14.2. The number of hydrogen-bond acceptors (Lipinski definition) is 1. The van der Waals surface area contributed by atoms with E-state index >= 15 is 0 Å². The fourth-order valence-electron chi connectivity index (χ4n) is 2.16. The molecule has 19 heavy (non-hydrogen) atoms. The Morgan fingerprint density at radius 2 is 1.84 bits per heavy atom. The van der Waals surface area contributed by atoms with Crippen LogP contribution in [-0.2, 0) is 6.42 Å². The van der Waals surface area contributed by atoms with Crippen molar-refractivity contribution in [2.24, 2.45) is 0 Å². The normalized spacial score (nSPS) is 12.2. The van der Waals surface area contributed by atoms with Crippen molar-refractivity contribution in [1.82, 2.24) is 0 Å². The molecule has 0 fully saturated rings. The van der Waals surface area contributed by atoms with E-state index in [1.807, 2.05) is 36.4 Å². The van der Waals surface area contributed by atoms with Gasteiger partial charge in [0.05, 0.1) is 7.11 Å². The summed E-state index contributed by atoms with van der Waals surface area (Å²) in [5, 5.41) is 0.720. The van der Waals surface area contributed by atoms with Crippen LogP contribution in [0.5, 0.6) is 5.75 Å². The fourth-order valence-corrected chi connectivity index (χ4v) is 2.64. The van der Waals surface area contributed by atoms with Crippen LogP contribution in [0.3, 0.4) is 0 Å². The molecule has 0 N–H and O–H groups in total. The maximum absolute atomic E-state index is 6.11. The number of alkyl halides is 1. The highest BCUT2D eigenvalue weighted by Crippen LogP contribution is 2.29. The molecule has 100 valence electrons. The first-order valence-corrected chi connectivity index (χ1v) is 7.09. The molecule has 0 aliphatic heterocycles. The Bertz CT molecular complexity index is 526. The number of methoxy groups -OCH3 is 1. The highest BCUT2D eigenvalue weighted by atomic mass is 35.5. The molecule has 1 nitrogen and oxygen atoms in total. The summed E-state index contributed by atoms with van der Waals surface area (Å²) in [5.41, 5.74) is 2.32. The van der Waals surface area contributed by atoms with Gasteiger partial charge in [-0.1, -0.05) is 41.9 Å². The lowest BCUT2D eigenvalue weighted by Crippen LogP contribution is -2.06. The summed E-state index contributed by atoms with van der Waals surface area (Å²) in [6.07, 6.45) is 0.817. The van der Waals surface area contributed by atoms with Crippen molar-refractivity contribution in [3.63, 3.8) is 0 Å². The van der Waals surface area contributed by atoms with Gasteiger partial charge >= 0.3 is 0 Å². The molecule has 0 bridgehead atoms. The van der Waals surface area contributed by atoms with Crippen molar-refractivity contribution in [3.8, 4) is 5.75 Å². The van der Waals surface area contributed by atoms with E-state index < -0.39 is 0 Å². The van der Waals surface area contributed by atoms with Crippen LogP contribution in [0.4, 0.5) is 0 Å². The van der Waals surface area contributed by atoms with E-state index in [1.165, 1.54) is 5.56 Å². The minimum absolute atomic E-state index is 0.259. The quantitative estimate of drug-likeness (QED) is 0.712. The standard InChI is InChI=1S/C16H16Cl2O/c1-19-16-8-7-15(18)10-13(16)9-14(11-17)12-5-3-2-4-6-12/h2-8,10,14H,9,11H2,1H3. The van der Waals surface area contributed by atoms with E-state index in [2.05, 4.69) is 12.1 Å². The third-order valence-electron chi connectivity index (χ3n) is 3.17. The van der Waals surface area contributed by atoms with Crippen LogP contribution in [0, 0.1) is 0 Å². The largest absolute Gasteiger partial charge is 0.496 e. The molecule has 0 aliphatic carbocycles. The Hall–Kier alpha value is -1.18. The third kappa shape index (κ3) is 3.65. The molecule has 0 aliphatic rings. The second-order valence-corrected chi connectivity index (χ2v) is 5.17. The molecule has 0 heterocycles. The zero-order valence-electron chi connectivity index (χ0n) is 10.8. The minimum Gasteiger partial charge on any atom is -0.496 e. The summed E-state index contributed by atoms with van der Waals surface area (Å²) < 4.78 is 5.38. The van der Waals surface area contributed by atoms with Crippen LogP contribution in [0.1, 0.15) is 17.0 Å². The second-order valence-electron chi connectivity index (χ2n) is 4.42. The number of rotatable bonds is 5. The van der Waals surface area contributed by atoms with E-state index in [0.29, 0.717) is 5.88 Å². The molecular formula is C16H16Cl2O. The van der Waals surface area contributed by atoms with Gasteiger partial charge in [-0.15, -0.1) is 11.6 Å². The monoisotopic (exact) mass is 294 g/mol. The first-order chi connectivity index (χ1) is 9.24. The number of hydrogen-bond donors (Lipinski definition) is 0. The van der Waals surface area contributed by atoms with E-state index in [1.54, 1.807) is 7.11 Å². The summed E-state index contributed by atoms with van der Waals surface area (Å²) >= 11 is 12.2. The van der Waals surface area contributed by atoms with Crippen molar-refractivity contribution in [2.75, 3.05) is 13.0 Å². The molecule has 0 amide bonds. The maximum atomic E-state index is 6.11. The van der Waals surface area contributed by atoms with E-state index in [-0.39, 0.29) is 5.92 Å². The van der Waals surface area contributed by atoms with Gasteiger partial charge in [0.1, 0.15) is 5.75 Å². The zero-order chi connectivity index (χ0) is 13.7. The molecule has 3 heteroatoms. The summed E-state index contributed by atoms with van der Waals surface area (Å²) in [6, 6.07) is 16.0. The SMILES string of the molecule is COc1ccc(Cl)cc1CC(CCl)c1ccccc1. The van der Waals surface area contributed by atoms with Gasteiger partial charge in [-0.3, -0.25) is 0 Å². The van der Waals surface area contributed by atoms with Gasteiger partial charge in [0, 0.05) is 16.8 Å². The second kappa shape index (κ2) is 6.83. The average molecular weight is 295 g/mol. The summed E-state index contributed by atoms with van der Waals surface area (Å²) in [7, 11) is 1.67. The van der Waals surface area contributed by atoms with Crippen LogP contribution in [0.15, 0.2) is 48.5 Å². The predicted molar refractivity (Wildman–Crippen MR) is 81.6 cm³/mol. The lowest BCUT2D eigenvalue weighted by Gasteiger charge is -2.16. The Balaban J connectivity index is 2.26. The van der Waals surface area contributed by atoms with Gasteiger partial charge in [0.25, 0.3) is 0 Å². The van der Waals surface area contributed by atoms with Gasteiger partial charge in [0.15, 0.2) is 0 Å². The topological polar surface area (TPSA) is 9.23 Å². The lowest BCUT2D eigenvalue weighted by atomic mass is 9.93. The summed E-state index contributed by atoms with van der Waals surface area (Å²) in [6.45, 7) is 0. The van der Waals surface area contributed by atoms with Crippen molar-refractivity contribution in [3.05, 3.63) is 64.7 Å². The smallest absolute Gasteiger partial charge is 0.122 e. The molecular weight excluding hydrogens is 279 g/mol. The Labute approximate surface area is 124 Å². The van der Waals surface area contributed by atoms with Gasteiger partial charge in [-0.2, -0.15) is 0 Å². The van der Waals surface area contributed by atoms with Crippen molar-refractivity contribution < 1.29 is 4.74 Å². The third-order valence-corrected chi connectivity index (χ3v) is 3.77. The molecule has 0 spiro atoms. The molecule has 1 atom stereocenters. The highest BCUT2D eigenvalue weighted by molar-refractivity contribution is 6.30. The van der Waals surface area contributed by atoms with E-state index in [9.17, 15) is 0 Å². The Morgan fingerprint density at radius 1 is 1.11 bits per heavy atom. The van der Waals surface area contributed by atoms with Crippen LogP contribution in [0.2, 0.25) is 5.02 Å². The number of ether oxygens (including phenoxy) is 1. The summed E-state index contributed by atoms with van der Waals surface area (Å²) in [5.74, 6) is 1.69. The minimum atomic E-state index is 0.259. The molecule has 0 aromatic heterocycles. The van der Waals surface area contributed by atoms with Crippen LogP contribution >= 0.6 is 23.2 Å². The first-order valence-electron chi connectivity index (χ1n) is 6.18. The van der Waals surface area contributed by atoms with Gasteiger partial charge in [0.2, 0.25) is 0 Å². The maximum Gasteiger partial charge on any atom is 0.122 e. The molecule has 0 saturated heterocycles. The number of halogens is 2. The van der Waals surface area contributed by atoms with Gasteiger partial charge in [-0.05, 0) is 35.7 Å². The molecule has 0 saturated carbocycles. The van der Waals surface area contributed by atoms with E-state index in [4.69, 9.17) is 27.9 Å². The fraction of sp³-hybridized carbons (Fsp3) is 0.250. The van der Waals surface area contributed by atoms with Crippen molar-refractivity contribution in [1.29, 1.82) is 0 Å². The lowest BCUT2D eigenvalue weighted by molar-refractivity contribution is 0.408. The van der Waals surface area contributed by atoms with Crippen LogP contribution < -0.4 is 4.74 Å². The zero-order valence-corrected chi connectivity index (χ0v) is 12.3. The molecule has 0 radical (unpaired) electrons.